The second-order valence-corrected chi connectivity index (χ2v) is 7.68. The zero-order chi connectivity index (χ0) is 25.4. The van der Waals surface area contributed by atoms with Crippen LogP contribution in [0.15, 0.2) is 30.5 Å². The smallest absolute Gasteiger partial charge is 0.326 e. The molecule has 13 nitrogen and oxygen atoms in total. The molecule has 1 aromatic heterocycles. The van der Waals surface area contributed by atoms with Gasteiger partial charge in [0.05, 0.1) is 19.1 Å². The molecular weight excluding hydrogens is 448 g/mol. The molecule has 0 radical (unpaired) electrons. The second kappa shape index (κ2) is 11.8. The third kappa shape index (κ3) is 7.02. The SMILES string of the molecule is CC(O)C(NC(=O)C(Cc1c[nH]c2ccccc12)NC(=O)CN)C(=O)NC(CC(N)=O)C(=O)O. The number of carboxylic acid groups (broad SMARTS) is 1. The van der Waals surface area contributed by atoms with Gasteiger partial charge in [0.2, 0.25) is 23.6 Å². The first kappa shape index (κ1) is 26.3. The highest BCUT2D eigenvalue weighted by Gasteiger charge is 2.33. The molecule has 0 bridgehead atoms. The molecule has 1 aromatic carbocycles. The highest BCUT2D eigenvalue weighted by Crippen LogP contribution is 2.19. The first-order chi connectivity index (χ1) is 16.0. The summed E-state index contributed by atoms with van der Waals surface area (Å²) in [6, 6.07) is 2.92. The molecule has 0 fully saturated rings. The van der Waals surface area contributed by atoms with Crippen molar-refractivity contribution in [1.82, 2.24) is 20.9 Å². The number of carbonyl (C=O) groups is 5. The van der Waals surface area contributed by atoms with E-state index in [9.17, 15) is 34.2 Å². The Morgan fingerprint density at radius 1 is 1.03 bits per heavy atom. The number of para-hydroxylation sites is 1. The van der Waals surface area contributed by atoms with Crippen LogP contribution in [0, 0.1) is 0 Å². The molecule has 0 aliphatic rings. The average molecular weight is 476 g/mol. The van der Waals surface area contributed by atoms with Crippen LogP contribution in [0.25, 0.3) is 10.9 Å². The molecule has 13 heteroatoms. The maximum absolute atomic E-state index is 13.0. The lowest BCUT2D eigenvalue weighted by Crippen LogP contribution is -2.59. The number of nitrogens with one attached hydrogen (secondary N) is 4. The summed E-state index contributed by atoms with van der Waals surface area (Å²) in [5.41, 5.74) is 11.9. The third-order valence-corrected chi connectivity index (χ3v) is 5.02. The predicted octanol–water partition coefficient (Wildman–Crippen LogP) is -2.54. The number of amides is 4. The summed E-state index contributed by atoms with van der Waals surface area (Å²) in [5.74, 6) is -4.96. The topological polar surface area (TPSA) is 230 Å². The molecule has 184 valence electrons. The number of hydrogen-bond acceptors (Lipinski definition) is 7. The molecule has 34 heavy (non-hydrogen) atoms. The van der Waals surface area contributed by atoms with Crippen LogP contribution < -0.4 is 27.4 Å². The van der Waals surface area contributed by atoms with Gasteiger partial charge < -0.3 is 42.6 Å². The molecule has 2 aromatic rings. The van der Waals surface area contributed by atoms with Crippen molar-refractivity contribution < 1.29 is 34.2 Å². The maximum atomic E-state index is 13.0. The number of carbonyl (C=O) groups excluding carboxylic acids is 4. The van der Waals surface area contributed by atoms with Crippen LogP contribution in [0.1, 0.15) is 18.9 Å². The standard InChI is InChI=1S/C21H28N6O7/c1-10(28)18(20(32)26-15(21(33)34)7-16(23)29)27-19(31)14(25-17(30)8-22)6-11-9-24-13-5-3-2-4-12(11)13/h2-5,9-10,14-15,18,24,28H,6-8,22H2,1H3,(H2,23,29)(H,25,30)(H,26,32)(H,27,31)(H,33,34). The van der Waals surface area contributed by atoms with Gasteiger partial charge in [-0.25, -0.2) is 4.79 Å². The Balaban J connectivity index is 2.22. The molecule has 1 heterocycles. The number of aliphatic carboxylic acids is 1. The summed E-state index contributed by atoms with van der Waals surface area (Å²) >= 11 is 0. The zero-order valence-electron chi connectivity index (χ0n) is 18.4. The van der Waals surface area contributed by atoms with Crippen LogP contribution in [0.4, 0.5) is 0 Å². The van der Waals surface area contributed by atoms with Crippen molar-refractivity contribution in [3.63, 3.8) is 0 Å². The highest BCUT2D eigenvalue weighted by atomic mass is 16.4. The lowest BCUT2D eigenvalue weighted by molar-refractivity contribution is -0.144. The van der Waals surface area contributed by atoms with Gasteiger partial charge in [0.1, 0.15) is 18.1 Å². The molecule has 0 spiro atoms. The van der Waals surface area contributed by atoms with Gasteiger partial charge in [-0.1, -0.05) is 18.2 Å². The van der Waals surface area contributed by atoms with Crippen molar-refractivity contribution in [2.75, 3.05) is 6.54 Å². The fourth-order valence-electron chi connectivity index (χ4n) is 3.30. The predicted molar refractivity (Wildman–Crippen MR) is 120 cm³/mol. The van der Waals surface area contributed by atoms with Crippen molar-refractivity contribution in [1.29, 1.82) is 0 Å². The minimum atomic E-state index is -1.65. The van der Waals surface area contributed by atoms with E-state index in [-0.39, 0.29) is 13.0 Å². The Hall–Kier alpha value is -3.97. The Kier molecular flexibility index (Phi) is 9.10. The molecule has 0 saturated carbocycles. The van der Waals surface area contributed by atoms with E-state index >= 15 is 0 Å². The van der Waals surface area contributed by atoms with Gasteiger partial charge in [-0.2, -0.15) is 0 Å². The van der Waals surface area contributed by atoms with Crippen LogP contribution >= 0.6 is 0 Å². The number of H-pyrrole nitrogens is 1. The first-order valence-corrected chi connectivity index (χ1v) is 10.4. The number of aromatic amines is 1. The summed E-state index contributed by atoms with van der Waals surface area (Å²) in [7, 11) is 0. The van der Waals surface area contributed by atoms with E-state index in [0.717, 1.165) is 10.9 Å². The Morgan fingerprint density at radius 3 is 2.29 bits per heavy atom. The van der Waals surface area contributed by atoms with Crippen molar-refractivity contribution >= 4 is 40.5 Å². The normalized spacial score (nSPS) is 14.4. The molecule has 0 aliphatic carbocycles. The number of aliphatic hydroxyl groups excluding tert-OH is 1. The maximum Gasteiger partial charge on any atom is 0.326 e. The highest BCUT2D eigenvalue weighted by molar-refractivity contribution is 5.95. The molecule has 10 N–H and O–H groups in total. The summed E-state index contributed by atoms with van der Waals surface area (Å²) in [6.07, 6.45) is -0.405. The molecular formula is C21H28N6O7. The van der Waals surface area contributed by atoms with Gasteiger partial charge in [-0.15, -0.1) is 0 Å². The largest absolute Gasteiger partial charge is 0.480 e. The minimum Gasteiger partial charge on any atom is -0.480 e. The van der Waals surface area contributed by atoms with Gasteiger partial charge in [-0.3, -0.25) is 19.2 Å². The van der Waals surface area contributed by atoms with Crippen LogP contribution in [-0.4, -0.2) is 75.6 Å². The van der Waals surface area contributed by atoms with E-state index in [0.29, 0.717) is 5.56 Å². The molecule has 2 rings (SSSR count). The number of primary amides is 1. The molecule has 4 amide bonds. The lowest BCUT2D eigenvalue weighted by atomic mass is 10.0. The summed E-state index contributed by atoms with van der Waals surface area (Å²) in [5, 5.41) is 26.9. The van der Waals surface area contributed by atoms with Gasteiger partial charge in [0, 0.05) is 23.5 Å². The monoisotopic (exact) mass is 476 g/mol. The molecule has 4 unspecified atom stereocenters. The van der Waals surface area contributed by atoms with Crippen LogP contribution in [0.2, 0.25) is 0 Å². The van der Waals surface area contributed by atoms with E-state index in [1.54, 1.807) is 6.20 Å². The number of aliphatic hydroxyl groups is 1. The number of benzene rings is 1. The van der Waals surface area contributed by atoms with Crippen molar-refractivity contribution in [2.45, 2.75) is 44.0 Å². The van der Waals surface area contributed by atoms with Gasteiger partial charge in [0.25, 0.3) is 0 Å². The summed E-state index contributed by atoms with van der Waals surface area (Å²) in [4.78, 5) is 63.0. The fraction of sp³-hybridized carbons (Fsp3) is 0.381. The van der Waals surface area contributed by atoms with Crippen LogP contribution in [0.5, 0.6) is 0 Å². The Morgan fingerprint density at radius 2 is 1.71 bits per heavy atom. The number of fused-ring (bicyclic) bond motifs is 1. The molecule has 0 aliphatic heterocycles. The number of nitrogens with two attached hydrogens (primary N) is 2. The Bertz CT molecular complexity index is 1070. The van der Waals surface area contributed by atoms with Crippen molar-refractivity contribution in [3.8, 4) is 0 Å². The van der Waals surface area contributed by atoms with E-state index in [4.69, 9.17) is 11.5 Å². The van der Waals surface area contributed by atoms with E-state index in [1.807, 2.05) is 24.3 Å². The average Bonchev–Trinajstić information content (AvgIpc) is 3.18. The van der Waals surface area contributed by atoms with Crippen molar-refractivity contribution in [2.24, 2.45) is 11.5 Å². The van der Waals surface area contributed by atoms with Crippen molar-refractivity contribution in [3.05, 3.63) is 36.0 Å². The fourth-order valence-corrected chi connectivity index (χ4v) is 3.30. The van der Waals surface area contributed by atoms with E-state index in [1.165, 1.54) is 6.92 Å². The van der Waals surface area contributed by atoms with Crippen LogP contribution in [0.3, 0.4) is 0 Å². The number of aromatic nitrogens is 1. The molecule has 4 atom stereocenters. The number of carboxylic acids is 1. The summed E-state index contributed by atoms with van der Waals surface area (Å²) in [6.45, 7) is 0.826. The quantitative estimate of drug-likeness (QED) is 0.162. The number of hydrogen-bond donors (Lipinski definition) is 8. The van der Waals surface area contributed by atoms with Gasteiger partial charge in [-0.05, 0) is 18.6 Å². The zero-order valence-corrected chi connectivity index (χ0v) is 18.4. The van der Waals surface area contributed by atoms with Gasteiger partial charge in [0.15, 0.2) is 0 Å². The Labute approximate surface area is 194 Å². The van der Waals surface area contributed by atoms with E-state index < -0.39 is 60.2 Å². The van der Waals surface area contributed by atoms with E-state index in [2.05, 4.69) is 20.9 Å². The minimum absolute atomic E-state index is 0.0369. The lowest BCUT2D eigenvalue weighted by Gasteiger charge is -2.25. The van der Waals surface area contributed by atoms with Gasteiger partial charge >= 0.3 is 5.97 Å². The second-order valence-electron chi connectivity index (χ2n) is 7.68. The van der Waals surface area contributed by atoms with Crippen LogP contribution in [-0.2, 0) is 30.4 Å². The number of rotatable bonds is 12. The first-order valence-electron chi connectivity index (χ1n) is 10.4. The summed E-state index contributed by atoms with van der Waals surface area (Å²) < 4.78 is 0. The molecule has 0 saturated heterocycles. The third-order valence-electron chi connectivity index (χ3n) is 5.02.